The highest BCUT2D eigenvalue weighted by Gasteiger charge is 2.35. The van der Waals surface area contributed by atoms with Crippen molar-refractivity contribution in [3.05, 3.63) is 39.7 Å². The summed E-state index contributed by atoms with van der Waals surface area (Å²) in [5, 5.41) is 18.0. The highest BCUT2D eigenvalue weighted by atomic mass is 32.1. The van der Waals surface area contributed by atoms with E-state index < -0.39 is 18.1 Å². The molecule has 0 radical (unpaired) electrons. The second-order valence-corrected chi connectivity index (χ2v) is 6.92. The fourth-order valence-electron chi connectivity index (χ4n) is 2.64. The van der Waals surface area contributed by atoms with Crippen LogP contribution in [0.25, 0.3) is 0 Å². The van der Waals surface area contributed by atoms with Gasteiger partial charge in [-0.3, -0.25) is 4.79 Å². The van der Waals surface area contributed by atoms with Crippen molar-refractivity contribution in [2.75, 3.05) is 5.32 Å². The van der Waals surface area contributed by atoms with Crippen molar-refractivity contribution in [2.24, 2.45) is 0 Å². The molecule has 1 aromatic rings. The first-order valence-corrected chi connectivity index (χ1v) is 8.63. The lowest BCUT2D eigenvalue weighted by molar-refractivity contribution is -0.127. The number of aromatic carboxylic acids is 1. The minimum absolute atomic E-state index is 0.129. The third kappa shape index (κ3) is 3.17. The number of ether oxygens (including phenoxy) is 1. The molecule has 1 amide bonds. The van der Waals surface area contributed by atoms with Crippen LogP contribution in [0.2, 0.25) is 0 Å². The zero-order valence-corrected chi connectivity index (χ0v) is 14.4. The standard InChI is InChI=1S/C15H17N2O4PS/c1-7-6-23-14(10(7)15(19)20)17-12(18)13-16-11-8(21-13)4-2-3-5-9(11)22/h3,5-6,8,13,16H,2,4,22H2,1H3,(H,17,18)(H,19,20). The Bertz CT molecular complexity index is 725. The number of carboxylic acid groups (broad SMARTS) is 1. The first-order chi connectivity index (χ1) is 11.0. The first kappa shape index (κ1) is 16.2. The predicted molar refractivity (Wildman–Crippen MR) is 91.6 cm³/mol. The molecule has 1 saturated heterocycles. The molecular formula is C15H17N2O4PS. The molecule has 1 aliphatic heterocycles. The van der Waals surface area contributed by atoms with Crippen molar-refractivity contribution in [1.82, 2.24) is 5.32 Å². The molecule has 0 saturated carbocycles. The van der Waals surface area contributed by atoms with E-state index in [0.717, 1.165) is 23.9 Å². The van der Waals surface area contributed by atoms with Crippen LogP contribution >= 0.6 is 20.6 Å². The summed E-state index contributed by atoms with van der Waals surface area (Å²) in [5.41, 5.74) is 1.65. The van der Waals surface area contributed by atoms with Crippen LogP contribution in [0.5, 0.6) is 0 Å². The summed E-state index contributed by atoms with van der Waals surface area (Å²) in [5.74, 6) is -1.44. The van der Waals surface area contributed by atoms with E-state index in [-0.39, 0.29) is 11.7 Å². The van der Waals surface area contributed by atoms with Crippen molar-refractivity contribution in [3.63, 3.8) is 0 Å². The van der Waals surface area contributed by atoms with Crippen LogP contribution < -0.4 is 10.6 Å². The number of carbonyl (C=O) groups is 2. The van der Waals surface area contributed by atoms with Crippen LogP contribution in [0.15, 0.2) is 28.5 Å². The molecule has 3 atom stereocenters. The molecule has 2 heterocycles. The summed E-state index contributed by atoms with van der Waals surface area (Å²) in [6, 6.07) is 0. The summed E-state index contributed by atoms with van der Waals surface area (Å²) >= 11 is 1.20. The molecule has 3 rings (SSSR count). The number of hydrogen-bond acceptors (Lipinski definition) is 5. The summed E-state index contributed by atoms with van der Waals surface area (Å²) < 4.78 is 5.78. The highest BCUT2D eigenvalue weighted by Crippen LogP contribution is 2.31. The summed E-state index contributed by atoms with van der Waals surface area (Å²) in [4.78, 5) is 23.7. The van der Waals surface area contributed by atoms with Gasteiger partial charge in [-0.05, 0) is 36.0 Å². The van der Waals surface area contributed by atoms with E-state index in [4.69, 9.17) is 4.74 Å². The molecule has 1 aliphatic carbocycles. The van der Waals surface area contributed by atoms with Gasteiger partial charge < -0.3 is 20.5 Å². The number of carbonyl (C=O) groups excluding carboxylic acids is 1. The van der Waals surface area contributed by atoms with Crippen LogP contribution in [0.3, 0.4) is 0 Å². The maximum Gasteiger partial charge on any atom is 0.338 e. The lowest BCUT2D eigenvalue weighted by Gasteiger charge is -2.11. The molecular weight excluding hydrogens is 335 g/mol. The van der Waals surface area contributed by atoms with Crippen molar-refractivity contribution in [2.45, 2.75) is 32.1 Å². The normalized spacial score (nSPS) is 23.2. The van der Waals surface area contributed by atoms with E-state index in [1.807, 2.05) is 6.08 Å². The van der Waals surface area contributed by atoms with Gasteiger partial charge in [0.15, 0.2) is 0 Å². The Balaban J connectivity index is 1.76. The van der Waals surface area contributed by atoms with Crippen LogP contribution in [0.4, 0.5) is 5.00 Å². The predicted octanol–water partition coefficient (Wildman–Crippen LogP) is 2.44. The number of aryl methyl sites for hydroxylation is 1. The fraction of sp³-hybridized carbons (Fsp3) is 0.333. The first-order valence-electron chi connectivity index (χ1n) is 7.17. The maximum absolute atomic E-state index is 12.4. The fourth-order valence-corrected chi connectivity index (χ4v) is 3.98. The van der Waals surface area contributed by atoms with Gasteiger partial charge in [0.1, 0.15) is 11.1 Å². The second-order valence-electron chi connectivity index (χ2n) is 5.42. The van der Waals surface area contributed by atoms with Gasteiger partial charge in [0.25, 0.3) is 5.91 Å². The van der Waals surface area contributed by atoms with E-state index >= 15 is 0 Å². The lowest BCUT2D eigenvalue weighted by atomic mass is 10.2. The number of anilines is 1. The van der Waals surface area contributed by atoms with Crippen LogP contribution in [-0.4, -0.2) is 29.3 Å². The molecule has 2 aliphatic rings. The van der Waals surface area contributed by atoms with E-state index in [2.05, 4.69) is 25.9 Å². The average Bonchev–Trinajstić information content (AvgIpc) is 3.03. The second kappa shape index (κ2) is 6.43. The molecule has 3 unspecified atom stereocenters. The Morgan fingerprint density at radius 3 is 3.04 bits per heavy atom. The number of thiophene rings is 1. The minimum atomic E-state index is -1.05. The number of nitrogens with one attached hydrogen (secondary N) is 2. The van der Waals surface area contributed by atoms with E-state index in [9.17, 15) is 14.7 Å². The van der Waals surface area contributed by atoms with E-state index in [1.54, 1.807) is 12.3 Å². The average molecular weight is 352 g/mol. The number of amides is 1. The minimum Gasteiger partial charge on any atom is -0.478 e. The van der Waals surface area contributed by atoms with Gasteiger partial charge in [0, 0.05) is 5.70 Å². The van der Waals surface area contributed by atoms with E-state index in [1.165, 1.54) is 11.3 Å². The van der Waals surface area contributed by atoms with Gasteiger partial charge in [-0.15, -0.1) is 20.6 Å². The summed E-state index contributed by atoms with van der Waals surface area (Å²) in [6.45, 7) is 1.70. The molecule has 0 bridgehead atoms. The summed E-state index contributed by atoms with van der Waals surface area (Å²) in [7, 11) is 2.64. The maximum atomic E-state index is 12.4. The molecule has 1 fully saturated rings. The zero-order chi connectivity index (χ0) is 16.6. The Morgan fingerprint density at radius 2 is 2.30 bits per heavy atom. The van der Waals surface area contributed by atoms with Crippen LogP contribution in [0.1, 0.15) is 28.8 Å². The number of fused-ring (bicyclic) bond motifs is 1. The van der Waals surface area contributed by atoms with Gasteiger partial charge in [-0.2, -0.15) is 0 Å². The molecule has 0 spiro atoms. The van der Waals surface area contributed by atoms with E-state index in [0.29, 0.717) is 10.6 Å². The van der Waals surface area contributed by atoms with Crippen molar-refractivity contribution >= 4 is 37.5 Å². The Kier molecular flexibility index (Phi) is 4.53. The van der Waals surface area contributed by atoms with Gasteiger partial charge in [-0.25, -0.2) is 4.79 Å². The number of carboxylic acids is 1. The van der Waals surface area contributed by atoms with Crippen LogP contribution in [0, 0.1) is 6.92 Å². The monoisotopic (exact) mass is 352 g/mol. The van der Waals surface area contributed by atoms with Gasteiger partial charge >= 0.3 is 5.97 Å². The highest BCUT2D eigenvalue weighted by molar-refractivity contribution is 7.23. The number of hydrogen-bond donors (Lipinski definition) is 3. The molecule has 0 aromatic carbocycles. The Labute approximate surface area is 139 Å². The molecule has 3 N–H and O–H groups in total. The molecule has 6 nitrogen and oxygen atoms in total. The van der Waals surface area contributed by atoms with Crippen molar-refractivity contribution in [3.8, 4) is 0 Å². The molecule has 8 heteroatoms. The largest absolute Gasteiger partial charge is 0.478 e. The smallest absolute Gasteiger partial charge is 0.338 e. The zero-order valence-electron chi connectivity index (χ0n) is 12.5. The molecule has 122 valence electrons. The molecule has 1 aromatic heterocycles. The molecule has 23 heavy (non-hydrogen) atoms. The summed E-state index contributed by atoms with van der Waals surface area (Å²) in [6.07, 6.45) is 4.79. The lowest BCUT2D eigenvalue weighted by Crippen LogP contribution is -2.36. The van der Waals surface area contributed by atoms with Gasteiger partial charge in [0.2, 0.25) is 6.23 Å². The van der Waals surface area contributed by atoms with Gasteiger partial charge in [0.05, 0.1) is 5.56 Å². The third-order valence-electron chi connectivity index (χ3n) is 3.78. The number of allylic oxidation sites excluding steroid dienone is 3. The number of rotatable bonds is 3. The van der Waals surface area contributed by atoms with Gasteiger partial charge in [-0.1, -0.05) is 12.2 Å². The SMILES string of the molecule is Cc1csc(NC(=O)C2NC3=C(P)C=CCCC3O2)c1C(=O)O. The quantitative estimate of drug-likeness (QED) is 0.728. The Morgan fingerprint density at radius 1 is 1.52 bits per heavy atom. The third-order valence-corrected chi connectivity index (χ3v) is 5.29. The van der Waals surface area contributed by atoms with Crippen molar-refractivity contribution in [1.29, 1.82) is 0 Å². The Hall–Kier alpha value is -1.69. The van der Waals surface area contributed by atoms with Crippen LogP contribution in [-0.2, 0) is 9.53 Å². The van der Waals surface area contributed by atoms with Crippen molar-refractivity contribution < 1.29 is 19.4 Å². The topological polar surface area (TPSA) is 87.7 Å².